The zero-order valence-corrected chi connectivity index (χ0v) is 22.6. The van der Waals surface area contributed by atoms with Gasteiger partial charge in [-0.15, -0.1) is 0 Å². The number of piperidine rings is 1. The molecule has 35 heavy (non-hydrogen) atoms. The lowest BCUT2D eigenvalue weighted by molar-refractivity contribution is -0.0588. The summed E-state index contributed by atoms with van der Waals surface area (Å²) in [5.41, 5.74) is 4.08. The van der Waals surface area contributed by atoms with Gasteiger partial charge in [0, 0.05) is 6.54 Å². The number of allylic oxidation sites excluding steroid dienone is 1. The van der Waals surface area contributed by atoms with Crippen LogP contribution in [0.25, 0.3) is 0 Å². The Balaban J connectivity index is 1.10. The molecule has 4 aliphatic carbocycles. The van der Waals surface area contributed by atoms with Crippen LogP contribution in [0.1, 0.15) is 96.5 Å². The van der Waals surface area contributed by atoms with E-state index >= 15 is 0 Å². The van der Waals surface area contributed by atoms with E-state index in [4.69, 9.17) is 0 Å². The lowest BCUT2D eigenvalue weighted by Gasteiger charge is -2.58. The fourth-order valence-corrected chi connectivity index (χ4v) is 10.3. The van der Waals surface area contributed by atoms with Crippen molar-refractivity contribution in [3.8, 4) is 0 Å². The summed E-state index contributed by atoms with van der Waals surface area (Å²) in [6.07, 6.45) is 15.4. The highest BCUT2D eigenvalue weighted by atomic mass is 16.3. The van der Waals surface area contributed by atoms with Crippen molar-refractivity contribution >= 4 is 0 Å². The number of benzene rings is 1. The number of hydrogen-bond acceptors (Lipinski definition) is 2. The molecule has 6 rings (SSSR count). The Hall–Kier alpha value is -1.12. The first-order valence-electron chi connectivity index (χ1n) is 15.0. The van der Waals surface area contributed by atoms with Crippen LogP contribution in [0.3, 0.4) is 0 Å². The molecule has 1 aromatic carbocycles. The molecular weight excluding hydrogens is 426 g/mol. The summed E-state index contributed by atoms with van der Waals surface area (Å²) in [6.45, 7) is 11.7. The third-order valence-electron chi connectivity index (χ3n) is 12.2. The predicted octanol–water partition coefficient (Wildman–Crippen LogP) is 7.44. The Kier molecular flexibility index (Phi) is 6.45. The maximum Gasteiger partial charge on any atom is 0.0577 e. The predicted molar refractivity (Wildman–Crippen MR) is 145 cm³/mol. The summed E-state index contributed by atoms with van der Waals surface area (Å²) in [7, 11) is 0. The van der Waals surface area contributed by atoms with Gasteiger partial charge in [0.2, 0.25) is 0 Å². The molecule has 1 aromatic rings. The zero-order chi connectivity index (χ0) is 24.2. The molecule has 0 aromatic heterocycles. The monoisotopic (exact) mass is 475 g/mol. The molecule has 1 saturated heterocycles. The van der Waals surface area contributed by atoms with Gasteiger partial charge in [0.15, 0.2) is 0 Å². The molecule has 0 bridgehead atoms. The van der Waals surface area contributed by atoms with Crippen LogP contribution in [0, 0.1) is 40.4 Å². The van der Waals surface area contributed by atoms with Gasteiger partial charge in [-0.3, -0.25) is 0 Å². The minimum Gasteiger partial charge on any atom is -0.393 e. The van der Waals surface area contributed by atoms with Gasteiger partial charge in [-0.1, -0.05) is 62.8 Å². The molecule has 2 heteroatoms. The second-order valence-electron chi connectivity index (χ2n) is 13.8. The minimum absolute atomic E-state index is 0.0887. The van der Waals surface area contributed by atoms with E-state index in [1.54, 1.807) is 11.1 Å². The highest BCUT2D eigenvalue weighted by Crippen LogP contribution is 2.67. The molecule has 4 fully saturated rings. The van der Waals surface area contributed by atoms with Crippen molar-refractivity contribution in [3.05, 3.63) is 47.5 Å². The molecule has 5 aliphatic rings. The van der Waals surface area contributed by atoms with E-state index in [1.807, 2.05) is 0 Å². The average molecular weight is 476 g/mol. The summed E-state index contributed by atoms with van der Waals surface area (Å²) >= 11 is 0. The van der Waals surface area contributed by atoms with E-state index in [-0.39, 0.29) is 6.10 Å². The van der Waals surface area contributed by atoms with Crippen molar-refractivity contribution in [2.24, 2.45) is 40.4 Å². The molecule has 0 radical (unpaired) electrons. The Bertz CT molecular complexity index is 916. The molecule has 0 unspecified atom stereocenters. The number of hydrogen-bond donors (Lipinski definition) is 1. The zero-order valence-electron chi connectivity index (χ0n) is 22.6. The van der Waals surface area contributed by atoms with E-state index in [9.17, 15) is 5.11 Å². The fourth-order valence-electron chi connectivity index (χ4n) is 10.3. The smallest absolute Gasteiger partial charge is 0.0577 e. The van der Waals surface area contributed by atoms with Crippen LogP contribution in [-0.2, 0) is 0 Å². The van der Waals surface area contributed by atoms with Crippen LogP contribution in [0.2, 0.25) is 0 Å². The molecule has 8 atom stereocenters. The number of fused-ring (bicyclic) bond motifs is 5. The Morgan fingerprint density at radius 1 is 0.943 bits per heavy atom. The van der Waals surface area contributed by atoms with Gasteiger partial charge in [-0.05, 0) is 129 Å². The molecule has 0 amide bonds. The van der Waals surface area contributed by atoms with E-state index in [2.05, 4.69) is 62.1 Å². The number of nitrogens with zero attached hydrogens (tertiary/aromatic N) is 1. The number of aliphatic hydroxyl groups is 1. The van der Waals surface area contributed by atoms with Crippen LogP contribution in [-0.4, -0.2) is 35.7 Å². The van der Waals surface area contributed by atoms with Gasteiger partial charge in [-0.2, -0.15) is 0 Å². The SMILES string of the molecule is C[C@H](CN1CCC(c2ccccc2)CC1)[C@H]1CC[C@H]2[C@@H]3CC=C4C[C@@H](O)CC[C@]4(C)[C@H]3CC[C@]12C. The molecular formula is C33H49NO. The molecule has 3 saturated carbocycles. The van der Waals surface area contributed by atoms with Gasteiger partial charge in [0.05, 0.1) is 6.10 Å². The number of rotatable bonds is 4. The van der Waals surface area contributed by atoms with Crippen molar-refractivity contribution in [2.75, 3.05) is 19.6 Å². The van der Waals surface area contributed by atoms with E-state index in [0.29, 0.717) is 10.8 Å². The minimum atomic E-state index is -0.0887. The van der Waals surface area contributed by atoms with Crippen LogP contribution >= 0.6 is 0 Å². The third kappa shape index (κ3) is 4.15. The Morgan fingerprint density at radius 2 is 1.71 bits per heavy atom. The van der Waals surface area contributed by atoms with E-state index < -0.39 is 0 Å². The van der Waals surface area contributed by atoms with E-state index in [0.717, 1.165) is 48.3 Å². The van der Waals surface area contributed by atoms with Crippen LogP contribution in [0.15, 0.2) is 42.0 Å². The van der Waals surface area contributed by atoms with E-state index in [1.165, 1.54) is 71.0 Å². The van der Waals surface area contributed by atoms with Gasteiger partial charge in [0.1, 0.15) is 0 Å². The second kappa shape index (κ2) is 9.32. The van der Waals surface area contributed by atoms with Crippen LogP contribution in [0.4, 0.5) is 0 Å². The summed E-state index contributed by atoms with van der Waals surface area (Å²) < 4.78 is 0. The molecule has 1 aliphatic heterocycles. The molecule has 1 heterocycles. The molecule has 2 nitrogen and oxygen atoms in total. The summed E-state index contributed by atoms with van der Waals surface area (Å²) in [5, 5.41) is 10.3. The maximum atomic E-state index is 10.3. The summed E-state index contributed by atoms with van der Waals surface area (Å²) in [6, 6.07) is 11.2. The topological polar surface area (TPSA) is 23.5 Å². The summed E-state index contributed by atoms with van der Waals surface area (Å²) in [5.74, 6) is 5.13. The number of aliphatic hydroxyl groups excluding tert-OH is 1. The first-order valence-corrected chi connectivity index (χ1v) is 15.0. The van der Waals surface area contributed by atoms with Crippen molar-refractivity contribution in [1.29, 1.82) is 0 Å². The van der Waals surface area contributed by atoms with Crippen LogP contribution in [0.5, 0.6) is 0 Å². The maximum absolute atomic E-state index is 10.3. The standard InChI is InChI=1S/C33H49NO/c1-23(22-34-19-15-25(16-20-34)24-7-5-4-6-8-24)29-11-12-30-28-10-9-26-21-27(35)13-17-32(26,2)31(28)14-18-33(29,30)3/h4-9,23,25,27-31,35H,10-22H2,1-3H3/t23-,27+,28+,29-,30+,31+,32+,33-/m1/s1. The van der Waals surface area contributed by atoms with Gasteiger partial charge >= 0.3 is 0 Å². The average Bonchev–Trinajstić information content (AvgIpc) is 3.23. The van der Waals surface area contributed by atoms with Crippen molar-refractivity contribution < 1.29 is 5.11 Å². The van der Waals surface area contributed by atoms with Crippen molar-refractivity contribution in [3.63, 3.8) is 0 Å². The summed E-state index contributed by atoms with van der Waals surface area (Å²) in [4.78, 5) is 2.80. The van der Waals surface area contributed by atoms with Crippen molar-refractivity contribution in [1.82, 2.24) is 4.90 Å². The first-order chi connectivity index (χ1) is 16.9. The van der Waals surface area contributed by atoms with Gasteiger partial charge < -0.3 is 10.0 Å². The fraction of sp³-hybridized carbons (Fsp3) is 0.758. The largest absolute Gasteiger partial charge is 0.393 e. The highest BCUT2D eigenvalue weighted by molar-refractivity contribution is 5.25. The quantitative estimate of drug-likeness (QED) is 0.457. The molecule has 192 valence electrons. The second-order valence-corrected chi connectivity index (χ2v) is 13.8. The van der Waals surface area contributed by atoms with Gasteiger partial charge in [0.25, 0.3) is 0 Å². The normalized spacial score (nSPS) is 43.1. The van der Waals surface area contributed by atoms with Crippen LogP contribution < -0.4 is 0 Å². The lowest BCUT2D eigenvalue weighted by atomic mass is 9.47. The lowest BCUT2D eigenvalue weighted by Crippen LogP contribution is -2.51. The Labute approximate surface area is 214 Å². The highest BCUT2D eigenvalue weighted by Gasteiger charge is 2.59. The number of likely N-dealkylation sites (tertiary alicyclic amines) is 1. The van der Waals surface area contributed by atoms with Gasteiger partial charge in [-0.25, -0.2) is 0 Å². The van der Waals surface area contributed by atoms with Crippen molar-refractivity contribution in [2.45, 2.75) is 97.0 Å². The third-order valence-corrected chi connectivity index (χ3v) is 12.2. The molecule has 0 spiro atoms. The Morgan fingerprint density at radius 3 is 2.49 bits per heavy atom. The molecule has 1 N–H and O–H groups in total. The first kappa shape index (κ1) is 24.2.